The van der Waals surface area contributed by atoms with Gasteiger partial charge in [0.25, 0.3) is 0 Å². The van der Waals surface area contributed by atoms with Gasteiger partial charge in [-0.1, -0.05) is 12.1 Å². The van der Waals surface area contributed by atoms with Crippen LogP contribution in [0.5, 0.6) is 5.75 Å². The van der Waals surface area contributed by atoms with Crippen LogP contribution in [-0.4, -0.2) is 36.8 Å². The zero-order valence-electron chi connectivity index (χ0n) is 18.8. The van der Waals surface area contributed by atoms with Crippen LogP contribution in [-0.2, 0) is 14.3 Å². The number of hydrogen-bond donors (Lipinski definition) is 0. The van der Waals surface area contributed by atoms with Crippen molar-refractivity contribution in [2.45, 2.75) is 20.3 Å². The molecular weight excluding hydrogens is 438 g/mol. The molecule has 1 fully saturated rings. The standard InChI is InChI=1S/C26H23NO7/c1-16-5-6-17(2)21(12-16)27-14-19(13-24(27)29)25(30)33-15-22(28)18-7-9-20(10-8-18)34-26(31)23-4-3-11-32-23/h3-12,19H,13-15H2,1-2H3/t19-/m1/s1. The van der Waals surface area contributed by atoms with Gasteiger partial charge in [0.2, 0.25) is 11.7 Å². The number of hydrogen-bond acceptors (Lipinski definition) is 7. The smallest absolute Gasteiger partial charge is 0.379 e. The van der Waals surface area contributed by atoms with Crippen LogP contribution in [0.1, 0.15) is 38.5 Å². The molecule has 1 amide bonds. The topological polar surface area (TPSA) is 103 Å². The lowest BCUT2D eigenvalue weighted by Gasteiger charge is -2.19. The number of esters is 2. The highest BCUT2D eigenvalue weighted by atomic mass is 16.5. The van der Waals surface area contributed by atoms with Crippen LogP contribution in [0.2, 0.25) is 0 Å². The monoisotopic (exact) mass is 461 g/mol. The van der Waals surface area contributed by atoms with Crippen molar-refractivity contribution in [3.05, 3.63) is 83.3 Å². The predicted octanol–water partition coefficient (Wildman–Crippen LogP) is 3.89. The number of carbonyl (C=O) groups is 4. The summed E-state index contributed by atoms with van der Waals surface area (Å²) in [6.45, 7) is 3.62. The molecule has 2 heterocycles. The van der Waals surface area contributed by atoms with Gasteiger partial charge in [-0.3, -0.25) is 14.4 Å². The molecule has 0 N–H and O–H groups in total. The summed E-state index contributed by atoms with van der Waals surface area (Å²) in [5.74, 6) is -2.13. The third kappa shape index (κ3) is 5.06. The van der Waals surface area contributed by atoms with Crippen LogP contribution in [0.15, 0.2) is 65.3 Å². The fourth-order valence-electron chi connectivity index (χ4n) is 3.71. The molecule has 0 radical (unpaired) electrons. The van der Waals surface area contributed by atoms with Gasteiger partial charge in [0.1, 0.15) is 5.75 Å². The summed E-state index contributed by atoms with van der Waals surface area (Å²) < 4.78 is 15.3. The Balaban J connectivity index is 1.30. The van der Waals surface area contributed by atoms with E-state index in [2.05, 4.69) is 0 Å². The third-order valence-electron chi connectivity index (χ3n) is 5.57. The minimum atomic E-state index is -0.654. The lowest BCUT2D eigenvalue weighted by molar-refractivity contribution is -0.147. The van der Waals surface area contributed by atoms with E-state index in [9.17, 15) is 19.2 Å². The van der Waals surface area contributed by atoms with Gasteiger partial charge in [0.05, 0.1) is 12.2 Å². The van der Waals surface area contributed by atoms with Gasteiger partial charge in [0.15, 0.2) is 12.4 Å². The lowest BCUT2D eigenvalue weighted by atomic mass is 10.1. The molecule has 8 heteroatoms. The number of rotatable bonds is 7. The minimum Gasteiger partial charge on any atom is -0.457 e. The zero-order valence-corrected chi connectivity index (χ0v) is 18.8. The Labute approximate surface area is 196 Å². The molecule has 3 aromatic rings. The molecule has 2 aromatic carbocycles. The second-order valence-corrected chi connectivity index (χ2v) is 8.12. The van der Waals surface area contributed by atoms with Crippen LogP contribution in [0.3, 0.4) is 0 Å². The average Bonchev–Trinajstić information content (AvgIpc) is 3.50. The van der Waals surface area contributed by atoms with Crippen molar-refractivity contribution in [3.8, 4) is 5.75 Å². The highest BCUT2D eigenvalue weighted by Crippen LogP contribution is 2.29. The Bertz CT molecular complexity index is 1230. The maximum absolute atomic E-state index is 12.5. The summed E-state index contributed by atoms with van der Waals surface area (Å²) in [6, 6.07) is 14.7. The summed E-state index contributed by atoms with van der Waals surface area (Å²) in [4.78, 5) is 51.0. The molecule has 1 aliphatic rings. The van der Waals surface area contributed by atoms with Gasteiger partial charge >= 0.3 is 11.9 Å². The minimum absolute atomic E-state index is 0.0378. The van der Waals surface area contributed by atoms with E-state index in [1.807, 2.05) is 32.0 Å². The van der Waals surface area contributed by atoms with E-state index in [0.29, 0.717) is 5.56 Å². The van der Waals surface area contributed by atoms with E-state index < -0.39 is 30.2 Å². The SMILES string of the molecule is Cc1ccc(C)c(N2C[C@H](C(=O)OCC(=O)c3ccc(OC(=O)c4ccco4)cc3)CC2=O)c1. The second-order valence-electron chi connectivity index (χ2n) is 8.12. The van der Waals surface area contributed by atoms with Crippen molar-refractivity contribution in [2.75, 3.05) is 18.1 Å². The number of nitrogens with zero attached hydrogens (tertiary/aromatic N) is 1. The Morgan fingerprint density at radius 1 is 1.06 bits per heavy atom. The van der Waals surface area contributed by atoms with Gasteiger partial charge < -0.3 is 18.8 Å². The van der Waals surface area contributed by atoms with Crippen LogP contribution >= 0.6 is 0 Å². The number of amides is 1. The van der Waals surface area contributed by atoms with Crippen molar-refractivity contribution >= 4 is 29.3 Å². The number of carbonyl (C=O) groups excluding carboxylic acids is 4. The van der Waals surface area contributed by atoms with Crippen LogP contribution in [0, 0.1) is 19.8 Å². The molecule has 0 unspecified atom stereocenters. The highest BCUT2D eigenvalue weighted by Gasteiger charge is 2.37. The first-order chi connectivity index (χ1) is 16.3. The van der Waals surface area contributed by atoms with Gasteiger partial charge in [0, 0.05) is 24.2 Å². The number of benzene rings is 2. The third-order valence-corrected chi connectivity index (χ3v) is 5.57. The van der Waals surface area contributed by atoms with E-state index in [1.54, 1.807) is 11.0 Å². The summed E-state index contributed by atoms with van der Waals surface area (Å²) >= 11 is 0. The number of anilines is 1. The lowest BCUT2D eigenvalue weighted by Crippen LogP contribution is -2.27. The van der Waals surface area contributed by atoms with E-state index in [4.69, 9.17) is 13.9 Å². The molecule has 0 aliphatic carbocycles. The van der Waals surface area contributed by atoms with Gasteiger partial charge in [-0.15, -0.1) is 0 Å². The second kappa shape index (κ2) is 9.74. The first-order valence-corrected chi connectivity index (χ1v) is 10.7. The molecule has 4 rings (SSSR count). The maximum Gasteiger partial charge on any atom is 0.379 e. The number of furan rings is 1. The molecule has 1 saturated heterocycles. The summed E-state index contributed by atoms with van der Waals surface area (Å²) in [5, 5.41) is 0. The Morgan fingerprint density at radius 2 is 1.82 bits per heavy atom. The Kier molecular flexibility index (Phi) is 6.58. The summed E-state index contributed by atoms with van der Waals surface area (Å²) in [6.07, 6.45) is 1.40. The van der Waals surface area contributed by atoms with Crippen LogP contribution in [0.25, 0.3) is 0 Å². The Hall–Kier alpha value is -4.20. The van der Waals surface area contributed by atoms with E-state index in [0.717, 1.165) is 16.8 Å². The van der Waals surface area contributed by atoms with E-state index in [1.165, 1.54) is 36.6 Å². The quantitative estimate of drug-likeness (QED) is 0.299. The fraction of sp³-hybridized carbons (Fsp3) is 0.231. The Morgan fingerprint density at radius 3 is 2.53 bits per heavy atom. The number of ether oxygens (including phenoxy) is 2. The molecular formula is C26H23NO7. The molecule has 0 bridgehead atoms. The van der Waals surface area contributed by atoms with E-state index >= 15 is 0 Å². The molecule has 174 valence electrons. The predicted molar refractivity (Wildman–Crippen MR) is 122 cm³/mol. The number of Topliss-reactive ketones (excluding diaryl/α,β-unsaturated/α-hetero) is 1. The van der Waals surface area contributed by atoms with Crippen molar-refractivity contribution in [1.82, 2.24) is 0 Å². The van der Waals surface area contributed by atoms with Gasteiger partial charge in [-0.2, -0.15) is 0 Å². The largest absolute Gasteiger partial charge is 0.457 e. The zero-order chi connectivity index (χ0) is 24.2. The van der Waals surface area contributed by atoms with Crippen molar-refractivity contribution in [3.63, 3.8) is 0 Å². The van der Waals surface area contributed by atoms with Crippen molar-refractivity contribution in [2.24, 2.45) is 5.92 Å². The van der Waals surface area contributed by atoms with Gasteiger partial charge in [-0.25, -0.2) is 4.79 Å². The molecule has 0 saturated carbocycles. The highest BCUT2D eigenvalue weighted by molar-refractivity contribution is 6.01. The first kappa shape index (κ1) is 23.0. The van der Waals surface area contributed by atoms with E-state index in [-0.39, 0.29) is 30.4 Å². The molecule has 1 atom stereocenters. The van der Waals surface area contributed by atoms with Crippen molar-refractivity contribution in [1.29, 1.82) is 0 Å². The average molecular weight is 461 g/mol. The summed E-state index contributed by atoms with van der Waals surface area (Å²) in [7, 11) is 0. The molecule has 1 aromatic heterocycles. The first-order valence-electron chi connectivity index (χ1n) is 10.7. The molecule has 34 heavy (non-hydrogen) atoms. The van der Waals surface area contributed by atoms with Gasteiger partial charge in [-0.05, 0) is 67.4 Å². The summed E-state index contributed by atoms with van der Waals surface area (Å²) in [5.41, 5.74) is 3.04. The number of ketones is 1. The maximum atomic E-state index is 12.5. The fourth-order valence-corrected chi connectivity index (χ4v) is 3.71. The molecule has 8 nitrogen and oxygen atoms in total. The van der Waals surface area contributed by atoms with Crippen LogP contribution < -0.4 is 9.64 Å². The normalized spacial score (nSPS) is 15.3. The van der Waals surface area contributed by atoms with Crippen molar-refractivity contribution < 1.29 is 33.1 Å². The number of aryl methyl sites for hydroxylation is 2. The molecule has 0 spiro atoms. The molecule has 1 aliphatic heterocycles. The van der Waals surface area contributed by atoms with Crippen LogP contribution in [0.4, 0.5) is 5.69 Å².